The van der Waals surface area contributed by atoms with Crippen LogP contribution in [-0.4, -0.2) is 28.6 Å². The van der Waals surface area contributed by atoms with Crippen molar-refractivity contribution < 1.29 is 14.8 Å². The minimum Gasteiger partial charge on any atom is -0.391 e. The SMILES string of the molecule is CC(C)C(O)CNC(=O)Cc1cccc([N+](=O)[O-])c1. The van der Waals surface area contributed by atoms with Gasteiger partial charge in [-0.1, -0.05) is 26.0 Å². The van der Waals surface area contributed by atoms with Crippen molar-refractivity contribution in [1.82, 2.24) is 5.32 Å². The number of carbonyl (C=O) groups excluding carboxylic acids is 1. The summed E-state index contributed by atoms with van der Waals surface area (Å²) in [5.41, 5.74) is 0.540. The number of hydrogen-bond donors (Lipinski definition) is 2. The van der Waals surface area contributed by atoms with Crippen LogP contribution in [0.1, 0.15) is 19.4 Å². The first-order valence-corrected chi connectivity index (χ1v) is 6.08. The van der Waals surface area contributed by atoms with Gasteiger partial charge < -0.3 is 10.4 Å². The Bertz CT molecular complexity index is 460. The molecule has 1 amide bonds. The molecular formula is C13H18N2O4. The van der Waals surface area contributed by atoms with Gasteiger partial charge in [-0.25, -0.2) is 0 Å². The lowest BCUT2D eigenvalue weighted by atomic mass is 10.1. The van der Waals surface area contributed by atoms with Gasteiger partial charge in [0.25, 0.3) is 5.69 Å². The number of nitro groups is 1. The number of rotatable bonds is 6. The summed E-state index contributed by atoms with van der Waals surface area (Å²) in [5, 5.41) is 22.8. The highest BCUT2D eigenvalue weighted by atomic mass is 16.6. The van der Waals surface area contributed by atoms with Gasteiger partial charge in [-0.15, -0.1) is 0 Å². The molecule has 0 aliphatic heterocycles. The van der Waals surface area contributed by atoms with Gasteiger partial charge in [0.05, 0.1) is 17.4 Å². The van der Waals surface area contributed by atoms with Crippen LogP contribution < -0.4 is 5.32 Å². The molecule has 0 aliphatic carbocycles. The van der Waals surface area contributed by atoms with Crippen LogP contribution in [0.4, 0.5) is 5.69 Å². The van der Waals surface area contributed by atoms with Crippen LogP contribution in [0.2, 0.25) is 0 Å². The fourth-order valence-corrected chi connectivity index (χ4v) is 1.48. The Hall–Kier alpha value is -1.95. The quantitative estimate of drug-likeness (QED) is 0.599. The third kappa shape index (κ3) is 5.05. The van der Waals surface area contributed by atoms with E-state index >= 15 is 0 Å². The summed E-state index contributed by atoms with van der Waals surface area (Å²) in [6, 6.07) is 5.96. The molecule has 1 aromatic rings. The van der Waals surface area contributed by atoms with Crippen LogP contribution in [0.15, 0.2) is 24.3 Å². The fraction of sp³-hybridized carbons (Fsp3) is 0.462. The van der Waals surface area contributed by atoms with Crippen LogP contribution in [0, 0.1) is 16.0 Å². The lowest BCUT2D eigenvalue weighted by molar-refractivity contribution is -0.384. The van der Waals surface area contributed by atoms with Crippen LogP contribution >= 0.6 is 0 Å². The van der Waals surface area contributed by atoms with Crippen LogP contribution in [0.3, 0.4) is 0 Å². The van der Waals surface area contributed by atoms with Crippen molar-refractivity contribution in [2.45, 2.75) is 26.4 Å². The topological polar surface area (TPSA) is 92.5 Å². The van der Waals surface area contributed by atoms with E-state index in [-0.39, 0.29) is 30.5 Å². The molecule has 0 spiro atoms. The second-order valence-corrected chi connectivity index (χ2v) is 4.72. The van der Waals surface area contributed by atoms with Gasteiger partial charge in [-0.2, -0.15) is 0 Å². The van der Waals surface area contributed by atoms with E-state index in [2.05, 4.69) is 5.32 Å². The molecule has 0 fully saturated rings. The summed E-state index contributed by atoms with van der Waals surface area (Å²) in [5.74, 6) is -0.196. The predicted octanol–water partition coefficient (Wildman–Crippen LogP) is 1.27. The number of aliphatic hydroxyl groups excluding tert-OH is 1. The number of amides is 1. The first kappa shape index (κ1) is 15.1. The molecule has 1 atom stereocenters. The number of benzene rings is 1. The number of carbonyl (C=O) groups is 1. The molecule has 6 heteroatoms. The molecule has 0 bridgehead atoms. The van der Waals surface area contributed by atoms with Gasteiger partial charge in [0.2, 0.25) is 5.91 Å². The number of hydrogen-bond acceptors (Lipinski definition) is 4. The van der Waals surface area contributed by atoms with Crippen molar-refractivity contribution >= 4 is 11.6 Å². The number of non-ortho nitro benzene ring substituents is 1. The lowest BCUT2D eigenvalue weighted by Crippen LogP contribution is -2.35. The molecule has 19 heavy (non-hydrogen) atoms. The molecule has 2 N–H and O–H groups in total. The second kappa shape index (κ2) is 6.84. The first-order chi connectivity index (χ1) is 8.90. The highest BCUT2D eigenvalue weighted by Crippen LogP contribution is 2.13. The maximum absolute atomic E-state index is 11.6. The molecular weight excluding hydrogens is 248 g/mol. The zero-order chi connectivity index (χ0) is 14.4. The summed E-state index contributed by atoms with van der Waals surface area (Å²) in [6.07, 6.45) is -0.527. The van der Waals surface area contributed by atoms with Crippen molar-refractivity contribution in [3.63, 3.8) is 0 Å². The van der Waals surface area contributed by atoms with Crippen molar-refractivity contribution in [3.05, 3.63) is 39.9 Å². The Kier molecular flexibility index (Phi) is 5.44. The molecule has 0 radical (unpaired) electrons. The van der Waals surface area contributed by atoms with Crippen molar-refractivity contribution in [2.24, 2.45) is 5.92 Å². The van der Waals surface area contributed by atoms with E-state index in [9.17, 15) is 20.0 Å². The highest BCUT2D eigenvalue weighted by Gasteiger charge is 2.12. The van der Waals surface area contributed by atoms with Gasteiger partial charge in [0.15, 0.2) is 0 Å². The van der Waals surface area contributed by atoms with Crippen LogP contribution in [0.5, 0.6) is 0 Å². The van der Waals surface area contributed by atoms with E-state index in [1.54, 1.807) is 12.1 Å². The van der Waals surface area contributed by atoms with Crippen molar-refractivity contribution in [3.8, 4) is 0 Å². The molecule has 0 aliphatic rings. The van der Waals surface area contributed by atoms with Gasteiger partial charge in [-0.05, 0) is 11.5 Å². The van der Waals surface area contributed by atoms with E-state index in [0.717, 1.165) is 0 Å². The minimum absolute atomic E-state index is 0.0347. The number of nitrogens with one attached hydrogen (secondary N) is 1. The molecule has 1 aromatic carbocycles. The highest BCUT2D eigenvalue weighted by molar-refractivity contribution is 5.78. The summed E-state index contributed by atoms with van der Waals surface area (Å²) < 4.78 is 0. The summed E-state index contributed by atoms with van der Waals surface area (Å²) >= 11 is 0. The van der Waals surface area contributed by atoms with Crippen LogP contribution in [-0.2, 0) is 11.2 Å². The fourth-order valence-electron chi connectivity index (χ4n) is 1.48. The number of aliphatic hydroxyl groups is 1. The maximum atomic E-state index is 11.6. The molecule has 0 heterocycles. The largest absolute Gasteiger partial charge is 0.391 e. The third-order valence-electron chi connectivity index (χ3n) is 2.76. The second-order valence-electron chi connectivity index (χ2n) is 4.72. The van der Waals surface area contributed by atoms with Crippen molar-refractivity contribution in [2.75, 3.05) is 6.54 Å². The Balaban J connectivity index is 2.53. The van der Waals surface area contributed by atoms with E-state index in [0.29, 0.717) is 5.56 Å². The van der Waals surface area contributed by atoms with Gasteiger partial charge in [-0.3, -0.25) is 14.9 Å². The minimum atomic E-state index is -0.589. The number of nitro benzene ring substituents is 1. The molecule has 1 rings (SSSR count). The standard InChI is InChI=1S/C13H18N2O4/c1-9(2)12(16)8-14-13(17)7-10-4-3-5-11(6-10)15(18)19/h3-6,9,12,16H,7-8H2,1-2H3,(H,14,17). The molecule has 104 valence electrons. The maximum Gasteiger partial charge on any atom is 0.269 e. The molecule has 0 saturated heterocycles. The molecule has 6 nitrogen and oxygen atoms in total. The van der Waals surface area contributed by atoms with E-state index in [1.807, 2.05) is 13.8 Å². The molecule has 0 saturated carbocycles. The molecule has 0 aromatic heterocycles. The lowest BCUT2D eigenvalue weighted by Gasteiger charge is -2.14. The Morgan fingerprint density at radius 1 is 1.47 bits per heavy atom. The Morgan fingerprint density at radius 2 is 2.16 bits per heavy atom. The predicted molar refractivity (Wildman–Crippen MR) is 70.7 cm³/mol. The zero-order valence-electron chi connectivity index (χ0n) is 11.0. The van der Waals surface area contributed by atoms with E-state index in [4.69, 9.17) is 0 Å². The summed E-state index contributed by atoms with van der Waals surface area (Å²) in [7, 11) is 0. The van der Waals surface area contributed by atoms with E-state index < -0.39 is 11.0 Å². The summed E-state index contributed by atoms with van der Waals surface area (Å²) in [6.45, 7) is 3.90. The monoisotopic (exact) mass is 266 g/mol. The Morgan fingerprint density at radius 3 is 2.74 bits per heavy atom. The first-order valence-electron chi connectivity index (χ1n) is 6.08. The third-order valence-corrected chi connectivity index (χ3v) is 2.76. The normalized spacial score (nSPS) is 12.2. The zero-order valence-corrected chi connectivity index (χ0v) is 11.0. The summed E-state index contributed by atoms with van der Waals surface area (Å²) in [4.78, 5) is 21.7. The van der Waals surface area contributed by atoms with E-state index in [1.165, 1.54) is 12.1 Å². The van der Waals surface area contributed by atoms with Crippen molar-refractivity contribution in [1.29, 1.82) is 0 Å². The average Bonchev–Trinajstić information content (AvgIpc) is 2.36. The van der Waals surface area contributed by atoms with Crippen LogP contribution in [0.25, 0.3) is 0 Å². The Labute approximate surface area is 111 Å². The average molecular weight is 266 g/mol. The smallest absolute Gasteiger partial charge is 0.269 e. The van der Waals surface area contributed by atoms with Gasteiger partial charge in [0.1, 0.15) is 0 Å². The number of nitrogens with zero attached hydrogens (tertiary/aromatic N) is 1. The van der Waals surface area contributed by atoms with Gasteiger partial charge >= 0.3 is 0 Å². The molecule has 1 unspecified atom stereocenters. The van der Waals surface area contributed by atoms with Gasteiger partial charge in [0, 0.05) is 18.7 Å².